The molecule has 0 aliphatic rings. The lowest BCUT2D eigenvalue weighted by atomic mass is 10.1. The van der Waals surface area contributed by atoms with Crippen LogP contribution in [-0.2, 0) is 16.5 Å². The zero-order valence-corrected chi connectivity index (χ0v) is 13.4. The second-order valence-electron chi connectivity index (χ2n) is 4.81. The Labute approximate surface area is 130 Å². The van der Waals surface area contributed by atoms with E-state index in [1.807, 2.05) is 6.92 Å². The van der Waals surface area contributed by atoms with Gasteiger partial charge in [-0.25, -0.2) is 0 Å². The van der Waals surface area contributed by atoms with Crippen LogP contribution in [0.2, 0.25) is 0 Å². The second-order valence-corrected chi connectivity index (χ2v) is 6.35. The summed E-state index contributed by atoms with van der Waals surface area (Å²) >= 11 is 0. The predicted molar refractivity (Wildman–Crippen MR) is 84.7 cm³/mol. The standard InChI is InChI=1S/C17H18O4S/c1-3-13-9-11-14(12-10-13)22(19,20)21-17-8-6-5-7-15(17)16(18)4-2/h5-12H,3-4H2,1-2H3. The van der Waals surface area contributed by atoms with Crippen LogP contribution >= 0.6 is 0 Å². The summed E-state index contributed by atoms with van der Waals surface area (Å²) in [4.78, 5) is 11.9. The molecular formula is C17H18O4S. The predicted octanol–water partition coefficient (Wildman–Crippen LogP) is 3.61. The first-order valence-corrected chi connectivity index (χ1v) is 8.54. The Morgan fingerprint density at radius 2 is 1.64 bits per heavy atom. The lowest BCUT2D eigenvalue weighted by molar-refractivity contribution is 0.0986. The Hall–Kier alpha value is -2.14. The van der Waals surface area contributed by atoms with Gasteiger partial charge in [0.15, 0.2) is 11.5 Å². The molecule has 0 N–H and O–H groups in total. The largest absolute Gasteiger partial charge is 0.378 e. The number of Topliss-reactive ketones (excluding diaryl/α,β-unsaturated/α-hetero) is 1. The fraction of sp³-hybridized carbons (Fsp3) is 0.235. The van der Waals surface area contributed by atoms with Crippen molar-refractivity contribution in [2.24, 2.45) is 0 Å². The van der Waals surface area contributed by atoms with Crippen LogP contribution in [0.3, 0.4) is 0 Å². The van der Waals surface area contributed by atoms with Gasteiger partial charge in [-0.15, -0.1) is 0 Å². The number of aryl methyl sites for hydroxylation is 1. The summed E-state index contributed by atoms with van der Waals surface area (Å²) in [6.45, 7) is 3.71. The fourth-order valence-corrected chi connectivity index (χ4v) is 2.97. The third kappa shape index (κ3) is 3.54. The van der Waals surface area contributed by atoms with E-state index in [1.165, 1.54) is 18.2 Å². The number of hydrogen-bond donors (Lipinski definition) is 0. The first-order valence-electron chi connectivity index (χ1n) is 7.13. The topological polar surface area (TPSA) is 60.4 Å². The molecule has 4 nitrogen and oxygen atoms in total. The van der Waals surface area contributed by atoms with Crippen LogP contribution in [0.4, 0.5) is 0 Å². The molecule has 5 heteroatoms. The Morgan fingerprint density at radius 3 is 2.23 bits per heavy atom. The van der Waals surface area contributed by atoms with Crippen molar-refractivity contribution < 1.29 is 17.4 Å². The average molecular weight is 318 g/mol. The molecule has 0 saturated carbocycles. The molecule has 0 amide bonds. The number of carbonyl (C=O) groups excluding carboxylic acids is 1. The van der Waals surface area contributed by atoms with Gasteiger partial charge in [0.25, 0.3) is 0 Å². The van der Waals surface area contributed by atoms with E-state index >= 15 is 0 Å². The molecule has 0 heterocycles. The summed E-state index contributed by atoms with van der Waals surface area (Å²) in [5.41, 5.74) is 1.32. The van der Waals surface area contributed by atoms with Crippen LogP contribution in [0, 0.1) is 0 Å². The van der Waals surface area contributed by atoms with Crippen molar-refractivity contribution in [3.63, 3.8) is 0 Å². The molecule has 22 heavy (non-hydrogen) atoms. The van der Waals surface area contributed by atoms with Crippen molar-refractivity contribution in [2.75, 3.05) is 0 Å². The van der Waals surface area contributed by atoms with Crippen LogP contribution in [-0.4, -0.2) is 14.2 Å². The quantitative estimate of drug-likeness (QED) is 0.603. The Bertz CT molecular complexity index is 762. The molecule has 0 saturated heterocycles. The molecule has 0 radical (unpaired) electrons. The van der Waals surface area contributed by atoms with Gasteiger partial charge in [0.05, 0.1) is 5.56 Å². The molecule has 0 atom stereocenters. The van der Waals surface area contributed by atoms with Crippen molar-refractivity contribution in [2.45, 2.75) is 31.6 Å². The summed E-state index contributed by atoms with van der Waals surface area (Å²) in [5, 5.41) is 0. The third-order valence-corrected chi connectivity index (χ3v) is 4.58. The molecule has 0 aliphatic carbocycles. The minimum Gasteiger partial charge on any atom is -0.378 e. The normalized spacial score (nSPS) is 11.2. The van der Waals surface area contributed by atoms with E-state index in [2.05, 4.69) is 0 Å². The number of ketones is 1. The zero-order valence-electron chi connectivity index (χ0n) is 12.6. The van der Waals surface area contributed by atoms with E-state index in [4.69, 9.17) is 4.18 Å². The molecule has 0 bridgehead atoms. The SMILES string of the molecule is CCC(=O)c1ccccc1OS(=O)(=O)c1ccc(CC)cc1. The maximum atomic E-state index is 12.3. The van der Waals surface area contributed by atoms with Gasteiger partial charge in [0.1, 0.15) is 4.90 Å². The van der Waals surface area contributed by atoms with Crippen molar-refractivity contribution in [3.05, 3.63) is 59.7 Å². The Balaban J connectivity index is 2.34. The van der Waals surface area contributed by atoms with Crippen molar-refractivity contribution >= 4 is 15.9 Å². The summed E-state index contributed by atoms with van der Waals surface area (Å²) in [6.07, 6.45) is 1.11. The van der Waals surface area contributed by atoms with Gasteiger partial charge in [-0.3, -0.25) is 4.79 Å². The van der Waals surface area contributed by atoms with Gasteiger partial charge >= 0.3 is 10.1 Å². The highest BCUT2D eigenvalue weighted by Gasteiger charge is 2.20. The zero-order chi connectivity index (χ0) is 16.2. The van der Waals surface area contributed by atoms with E-state index < -0.39 is 10.1 Å². The molecule has 2 aromatic rings. The van der Waals surface area contributed by atoms with Crippen molar-refractivity contribution in [1.29, 1.82) is 0 Å². The van der Waals surface area contributed by atoms with Gasteiger partial charge < -0.3 is 4.18 Å². The molecule has 116 valence electrons. The number of rotatable bonds is 6. The summed E-state index contributed by atoms with van der Waals surface area (Å²) in [5.74, 6) is -0.0963. The third-order valence-electron chi connectivity index (χ3n) is 3.33. The van der Waals surface area contributed by atoms with Crippen LogP contribution in [0.25, 0.3) is 0 Å². The van der Waals surface area contributed by atoms with Crippen LogP contribution in [0.15, 0.2) is 53.4 Å². The van der Waals surface area contributed by atoms with Crippen molar-refractivity contribution in [3.8, 4) is 5.75 Å². The van der Waals surface area contributed by atoms with E-state index in [0.717, 1.165) is 12.0 Å². The summed E-state index contributed by atoms with van der Waals surface area (Å²) in [7, 11) is -3.95. The monoisotopic (exact) mass is 318 g/mol. The van der Waals surface area contributed by atoms with E-state index in [9.17, 15) is 13.2 Å². The van der Waals surface area contributed by atoms with Gasteiger partial charge in [-0.1, -0.05) is 38.1 Å². The molecule has 2 rings (SSSR count). The lowest BCUT2D eigenvalue weighted by Gasteiger charge is -2.10. The highest BCUT2D eigenvalue weighted by molar-refractivity contribution is 7.87. The molecule has 0 fully saturated rings. The van der Waals surface area contributed by atoms with Crippen LogP contribution in [0.1, 0.15) is 36.2 Å². The number of benzene rings is 2. The number of carbonyl (C=O) groups is 1. The first-order chi connectivity index (χ1) is 10.5. The average Bonchev–Trinajstić information content (AvgIpc) is 2.54. The minimum atomic E-state index is -3.95. The smallest absolute Gasteiger partial charge is 0.339 e. The van der Waals surface area contributed by atoms with Gasteiger partial charge in [0, 0.05) is 6.42 Å². The number of para-hydroxylation sites is 1. The van der Waals surface area contributed by atoms with Crippen LogP contribution in [0.5, 0.6) is 5.75 Å². The van der Waals surface area contributed by atoms with Crippen molar-refractivity contribution in [1.82, 2.24) is 0 Å². The van der Waals surface area contributed by atoms with Gasteiger partial charge in [-0.2, -0.15) is 8.42 Å². The first kappa shape index (κ1) is 16.2. The van der Waals surface area contributed by atoms with E-state index in [1.54, 1.807) is 37.3 Å². The fourth-order valence-electron chi connectivity index (χ4n) is 2.02. The molecule has 2 aromatic carbocycles. The molecular weight excluding hydrogens is 300 g/mol. The maximum absolute atomic E-state index is 12.3. The minimum absolute atomic E-state index is 0.0638. The van der Waals surface area contributed by atoms with Crippen LogP contribution < -0.4 is 4.18 Å². The van der Waals surface area contributed by atoms with Gasteiger partial charge in [0.2, 0.25) is 0 Å². The number of hydrogen-bond acceptors (Lipinski definition) is 4. The summed E-state index contributed by atoms with van der Waals surface area (Å²) in [6, 6.07) is 12.9. The molecule has 0 aromatic heterocycles. The second kappa shape index (κ2) is 6.75. The lowest BCUT2D eigenvalue weighted by Crippen LogP contribution is -2.12. The highest BCUT2D eigenvalue weighted by Crippen LogP contribution is 2.24. The Kier molecular flexibility index (Phi) is 4.98. The molecule has 0 aliphatic heterocycles. The molecule has 0 spiro atoms. The highest BCUT2D eigenvalue weighted by atomic mass is 32.2. The Morgan fingerprint density at radius 1 is 1.00 bits per heavy atom. The molecule has 0 unspecified atom stereocenters. The summed E-state index contributed by atoms with van der Waals surface area (Å²) < 4.78 is 29.8. The van der Waals surface area contributed by atoms with E-state index in [0.29, 0.717) is 0 Å². The maximum Gasteiger partial charge on any atom is 0.339 e. The van der Waals surface area contributed by atoms with Gasteiger partial charge in [-0.05, 0) is 36.2 Å². The van der Waals surface area contributed by atoms with E-state index in [-0.39, 0.29) is 28.4 Å².